The molecule has 0 atom stereocenters. The second kappa shape index (κ2) is 12.0. The molecule has 3 aromatic carbocycles. The van der Waals surface area contributed by atoms with Crippen molar-refractivity contribution in [3.8, 4) is 0 Å². The molecule has 0 saturated heterocycles. The highest BCUT2D eigenvalue weighted by molar-refractivity contribution is 6.05. The Morgan fingerprint density at radius 1 is 0.744 bits per heavy atom. The van der Waals surface area contributed by atoms with Gasteiger partial charge in [-0.25, -0.2) is 10.9 Å². The minimum Gasteiger partial charge on any atom is -0.368 e. The number of amidine groups is 2. The summed E-state index contributed by atoms with van der Waals surface area (Å²) in [5, 5.41) is 10.4. The molecule has 5 rings (SSSR count). The zero-order valence-corrected chi connectivity index (χ0v) is 21.3. The van der Waals surface area contributed by atoms with Gasteiger partial charge in [0.2, 0.25) is 5.91 Å². The van der Waals surface area contributed by atoms with Crippen LogP contribution in [-0.2, 0) is 9.59 Å². The number of carbonyl (C=O) groups is 2. The molecule has 5 N–H and O–H groups in total. The van der Waals surface area contributed by atoms with E-state index >= 15 is 0 Å². The van der Waals surface area contributed by atoms with Gasteiger partial charge in [-0.2, -0.15) is 0 Å². The number of carbonyl (C=O) groups excluding carboxylic acids is 2. The summed E-state index contributed by atoms with van der Waals surface area (Å²) in [5.41, 5.74) is 4.94. The summed E-state index contributed by atoms with van der Waals surface area (Å²) < 4.78 is 0. The summed E-state index contributed by atoms with van der Waals surface area (Å²) in [7, 11) is 0. The van der Waals surface area contributed by atoms with Gasteiger partial charge >= 0.3 is 0 Å². The Kier molecular flexibility index (Phi) is 7.89. The number of anilines is 2. The summed E-state index contributed by atoms with van der Waals surface area (Å²) in [5.74, 6) is 7.19. The molecule has 2 aliphatic heterocycles. The molecule has 0 aliphatic carbocycles. The van der Waals surface area contributed by atoms with Crippen LogP contribution in [0.1, 0.15) is 22.3 Å². The van der Waals surface area contributed by atoms with E-state index < -0.39 is 0 Å². The van der Waals surface area contributed by atoms with E-state index in [1.165, 1.54) is 12.2 Å². The molecule has 3 aromatic rings. The maximum absolute atomic E-state index is 12.6. The van der Waals surface area contributed by atoms with Gasteiger partial charge in [0.05, 0.1) is 18.8 Å². The third-order valence-corrected chi connectivity index (χ3v) is 6.21. The lowest BCUT2D eigenvalue weighted by Gasteiger charge is -2.15. The maximum atomic E-state index is 12.6. The minimum absolute atomic E-state index is 0.225. The van der Waals surface area contributed by atoms with Crippen molar-refractivity contribution in [2.24, 2.45) is 15.8 Å². The van der Waals surface area contributed by atoms with Gasteiger partial charge in [0.25, 0.3) is 5.91 Å². The molecule has 0 spiro atoms. The Bertz CT molecular complexity index is 1450. The summed E-state index contributed by atoms with van der Waals surface area (Å²) in [6.07, 6.45) is 6.34. The van der Waals surface area contributed by atoms with Crippen LogP contribution in [0.15, 0.2) is 94.9 Å². The topological polar surface area (TPSA) is 124 Å². The summed E-state index contributed by atoms with van der Waals surface area (Å²) in [4.78, 5) is 33.7. The van der Waals surface area contributed by atoms with Crippen LogP contribution in [0.3, 0.4) is 0 Å². The van der Waals surface area contributed by atoms with E-state index in [0.29, 0.717) is 11.4 Å². The molecular formula is C30H29N7O2. The van der Waals surface area contributed by atoms with Crippen LogP contribution in [0.2, 0.25) is 0 Å². The van der Waals surface area contributed by atoms with Crippen molar-refractivity contribution in [3.05, 3.63) is 107 Å². The fourth-order valence-corrected chi connectivity index (χ4v) is 4.12. The van der Waals surface area contributed by atoms with Gasteiger partial charge in [0.15, 0.2) is 0 Å². The standard InChI is InChI=1S/C30H29N7O2/c31-37(26-13-9-24(10-14-26)30-34-19-20-35-30)28(39)16-6-22-3-1-21(2-4-22)5-15-27(38)36-25-11-7-23(8-12-25)29-32-17-18-33-29/h1-16H,17-20,31H2,(H,32,33)(H,34,35)(H,36,38)/b15-5+,16-6+. The summed E-state index contributed by atoms with van der Waals surface area (Å²) in [6.45, 7) is 3.23. The second-order valence-corrected chi connectivity index (χ2v) is 8.97. The van der Waals surface area contributed by atoms with Crippen LogP contribution < -0.4 is 26.8 Å². The molecule has 39 heavy (non-hydrogen) atoms. The smallest absolute Gasteiger partial charge is 0.265 e. The van der Waals surface area contributed by atoms with E-state index in [0.717, 1.165) is 65.1 Å². The zero-order chi connectivity index (χ0) is 27.0. The SMILES string of the molecule is NN(C(=O)/C=C/c1ccc(/C=C/C(=O)Nc2ccc(C3=NCCN3)cc2)cc1)c1ccc(C2=NCCN2)cc1. The molecule has 2 aliphatic rings. The van der Waals surface area contributed by atoms with E-state index in [9.17, 15) is 9.59 Å². The number of rotatable bonds is 8. The van der Waals surface area contributed by atoms with E-state index in [1.807, 2.05) is 60.7 Å². The minimum atomic E-state index is -0.347. The third kappa shape index (κ3) is 6.65. The first-order chi connectivity index (χ1) is 19.0. The third-order valence-electron chi connectivity index (χ3n) is 6.21. The molecule has 9 heteroatoms. The number of hydrogen-bond donors (Lipinski definition) is 4. The number of benzene rings is 3. The van der Waals surface area contributed by atoms with E-state index in [4.69, 9.17) is 5.84 Å². The van der Waals surface area contributed by atoms with Gasteiger partial charge in [0, 0.05) is 42.1 Å². The molecule has 0 unspecified atom stereocenters. The van der Waals surface area contributed by atoms with Crippen molar-refractivity contribution >= 4 is 47.0 Å². The highest BCUT2D eigenvalue weighted by Crippen LogP contribution is 2.15. The normalized spacial score (nSPS) is 14.6. The number of nitrogens with zero attached hydrogens (tertiary/aromatic N) is 3. The molecule has 0 bridgehead atoms. The number of hydrazine groups is 1. The fourth-order valence-electron chi connectivity index (χ4n) is 4.12. The number of aliphatic imine (C=N–C) groups is 2. The molecule has 196 valence electrons. The molecule has 0 aromatic heterocycles. The predicted octanol–water partition coefficient (Wildman–Crippen LogP) is 2.96. The lowest BCUT2D eigenvalue weighted by atomic mass is 10.1. The molecular weight excluding hydrogens is 490 g/mol. The largest absolute Gasteiger partial charge is 0.368 e. The van der Waals surface area contributed by atoms with Gasteiger partial charge in [-0.1, -0.05) is 24.3 Å². The van der Waals surface area contributed by atoms with Gasteiger partial charge in [-0.3, -0.25) is 19.6 Å². The van der Waals surface area contributed by atoms with Crippen LogP contribution >= 0.6 is 0 Å². The molecule has 0 saturated carbocycles. The van der Waals surface area contributed by atoms with Crippen LogP contribution in [0.25, 0.3) is 12.2 Å². The van der Waals surface area contributed by atoms with Crippen molar-refractivity contribution < 1.29 is 9.59 Å². The maximum Gasteiger partial charge on any atom is 0.265 e. The van der Waals surface area contributed by atoms with Crippen molar-refractivity contribution in [2.45, 2.75) is 0 Å². The average molecular weight is 520 g/mol. The van der Waals surface area contributed by atoms with Gasteiger partial charge in [-0.15, -0.1) is 0 Å². The first kappa shape index (κ1) is 25.6. The monoisotopic (exact) mass is 519 g/mol. The lowest BCUT2D eigenvalue weighted by Crippen LogP contribution is -2.36. The van der Waals surface area contributed by atoms with Crippen molar-refractivity contribution in [3.63, 3.8) is 0 Å². The zero-order valence-electron chi connectivity index (χ0n) is 21.3. The number of nitrogens with one attached hydrogen (secondary N) is 3. The predicted molar refractivity (Wildman–Crippen MR) is 157 cm³/mol. The summed E-state index contributed by atoms with van der Waals surface area (Å²) >= 11 is 0. The molecule has 2 heterocycles. The lowest BCUT2D eigenvalue weighted by molar-refractivity contribution is -0.114. The first-order valence-corrected chi connectivity index (χ1v) is 12.7. The first-order valence-electron chi connectivity index (χ1n) is 12.7. The van der Waals surface area contributed by atoms with Gasteiger partial charge < -0.3 is 16.0 Å². The van der Waals surface area contributed by atoms with E-state index in [2.05, 4.69) is 25.9 Å². The Labute approximate surface area is 226 Å². The Morgan fingerprint density at radius 2 is 1.26 bits per heavy atom. The van der Waals surface area contributed by atoms with E-state index in [1.54, 1.807) is 24.3 Å². The van der Waals surface area contributed by atoms with Crippen LogP contribution in [0.4, 0.5) is 11.4 Å². The second-order valence-electron chi connectivity index (χ2n) is 8.97. The number of amides is 2. The molecule has 0 fully saturated rings. The molecule has 9 nitrogen and oxygen atoms in total. The van der Waals surface area contributed by atoms with Gasteiger partial charge in [0.1, 0.15) is 11.7 Å². The highest BCUT2D eigenvalue weighted by atomic mass is 16.2. The fraction of sp³-hybridized carbons (Fsp3) is 0.133. The van der Waals surface area contributed by atoms with E-state index in [-0.39, 0.29) is 11.8 Å². The molecule has 0 radical (unpaired) electrons. The van der Waals surface area contributed by atoms with Crippen LogP contribution in [-0.4, -0.2) is 49.7 Å². The van der Waals surface area contributed by atoms with Crippen molar-refractivity contribution in [1.82, 2.24) is 10.6 Å². The quantitative estimate of drug-likeness (QED) is 0.158. The summed E-state index contributed by atoms with van der Waals surface area (Å²) in [6, 6.07) is 22.4. The number of nitrogens with two attached hydrogens (primary N) is 1. The molecule has 2 amide bonds. The van der Waals surface area contributed by atoms with Crippen molar-refractivity contribution in [1.29, 1.82) is 0 Å². The van der Waals surface area contributed by atoms with Crippen LogP contribution in [0, 0.1) is 0 Å². The number of hydrogen-bond acceptors (Lipinski definition) is 7. The Morgan fingerprint density at radius 3 is 1.77 bits per heavy atom. The van der Waals surface area contributed by atoms with Crippen LogP contribution in [0.5, 0.6) is 0 Å². The Balaban J connectivity index is 1.12. The van der Waals surface area contributed by atoms with Crippen molar-refractivity contribution in [2.75, 3.05) is 36.5 Å². The Hall–Kier alpha value is -5.02. The highest BCUT2D eigenvalue weighted by Gasteiger charge is 2.12. The van der Waals surface area contributed by atoms with Gasteiger partial charge in [-0.05, 0) is 71.8 Å². The average Bonchev–Trinajstić information content (AvgIpc) is 3.71.